The van der Waals surface area contributed by atoms with E-state index >= 15 is 0 Å². The van der Waals surface area contributed by atoms with Crippen LogP contribution in [0.4, 0.5) is 4.79 Å². The first kappa shape index (κ1) is 18.5. The fraction of sp³-hybridized carbons (Fsp3) is 0.353. The summed E-state index contributed by atoms with van der Waals surface area (Å²) in [6, 6.07) is 7.01. The van der Waals surface area contributed by atoms with Crippen molar-refractivity contribution in [2.45, 2.75) is 20.3 Å². The summed E-state index contributed by atoms with van der Waals surface area (Å²) in [6.07, 6.45) is 2.41. The molecule has 0 spiro atoms. The molecule has 0 radical (unpaired) electrons. The number of imide groups is 1. The Hall–Kier alpha value is -1.79. The van der Waals surface area contributed by atoms with Gasteiger partial charge in [0.1, 0.15) is 0 Å². The van der Waals surface area contributed by atoms with Crippen LogP contribution in [0.1, 0.15) is 25.8 Å². The normalized spacial score (nSPS) is 17.5. The summed E-state index contributed by atoms with van der Waals surface area (Å²) in [6.45, 7) is 4.20. The van der Waals surface area contributed by atoms with Crippen LogP contribution in [-0.2, 0) is 9.59 Å². The van der Waals surface area contributed by atoms with Crippen LogP contribution in [0.25, 0.3) is 6.08 Å². The zero-order valence-electron chi connectivity index (χ0n) is 13.5. The minimum atomic E-state index is -0.335. The maximum atomic E-state index is 12.3. The van der Waals surface area contributed by atoms with Gasteiger partial charge in [-0.15, -0.1) is 0 Å². The molecule has 5 nitrogen and oxygen atoms in total. The Balaban J connectivity index is 1.96. The Labute approximate surface area is 150 Å². The molecule has 0 unspecified atom stereocenters. The summed E-state index contributed by atoms with van der Waals surface area (Å²) in [5, 5.41) is 3.03. The SMILES string of the molecule is CC[C@H](C)C(=O)NCCN1C(=O)S/C(=C/c2ccc(Cl)cc2)C1=O. The van der Waals surface area contributed by atoms with Crippen molar-refractivity contribution >= 4 is 46.5 Å². The predicted octanol–water partition coefficient (Wildman–Crippen LogP) is 3.54. The number of hydrogen-bond acceptors (Lipinski definition) is 4. The molecule has 7 heteroatoms. The highest BCUT2D eigenvalue weighted by Gasteiger charge is 2.34. The molecule has 1 aliphatic heterocycles. The molecule has 1 aliphatic rings. The van der Waals surface area contributed by atoms with Crippen molar-refractivity contribution in [3.8, 4) is 0 Å². The number of halogens is 1. The first-order valence-corrected chi connectivity index (χ1v) is 8.90. The topological polar surface area (TPSA) is 66.5 Å². The van der Waals surface area contributed by atoms with Crippen LogP contribution in [0.3, 0.4) is 0 Å². The lowest BCUT2D eigenvalue weighted by molar-refractivity contribution is -0.126. The molecule has 1 saturated heterocycles. The Morgan fingerprint density at radius 2 is 2.00 bits per heavy atom. The van der Waals surface area contributed by atoms with E-state index in [-0.39, 0.29) is 36.1 Å². The number of rotatable bonds is 6. The monoisotopic (exact) mass is 366 g/mol. The average Bonchev–Trinajstić information content (AvgIpc) is 2.83. The number of nitrogens with one attached hydrogen (secondary N) is 1. The molecule has 1 heterocycles. The van der Waals surface area contributed by atoms with Crippen molar-refractivity contribution in [1.82, 2.24) is 10.2 Å². The smallest absolute Gasteiger partial charge is 0.293 e. The highest BCUT2D eigenvalue weighted by molar-refractivity contribution is 8.18. The minimum absolute atomic E-state index is 0.0684. The van der Waals surface area contributed by atoms with Crippen molar-refractivity contribution in [2.24, 2.45) is 5.92 Å². The van der Waals surface area contributed by atoms with E-state index in [4.69, 9.17) is 11.6 Å². The van der Waals surface area contributed by atoms with Crippen LogP contribution in [0.5, 0.6) is 0 Å². The van der Waals surface area contributed by atoms with Gasteiger partial charge in [0.15, 0.2) is 0 Å². The van der Waals surface area contributed by atoms with E-state index in [1.165, 1.54) is 0 Å². The summed E-state index contributed by atoms with van der Waals surface area (Å²) in [4.78, 5) is 37.6. The van der Waals surface area contributed by atoms with Gasteiger partial charge < -0.3 is 5.32 Å². The summed E-state index contributed by atoms with van der Waals surface area (Å²) in [5.74, 6) is -0.483. The molecule has 1 aromatic rings. The van der Waals surface area contributed by atoms with Crippen LogP contribution in [0, 0.1) is 5.92 Å². The van der Waals surface area contributed by atoms with Gasteiger partial charge in [0.05, 0.1) is 4.91 Å². The zero-order chi connectivity index (χ0) is 17.7. The van der Waals surface area contributed by atoms with Gasteiger partial charge in [-0.3, -0.25) is 19.3 Å². The molecular formula is C17H19ClN2O3S. The number of carbonyl (C=O) groups excluding carboxylic acids is 3. The fourth-order valence-electron chi connectivity index (χ4n) is 2.05. The van der Waals surface area contributed by atoms with E-state index < -0.39 is 0 Å². The molecule has 1 aromatic carbocycles. The summed E-state index contributed by atoms with van der Waals surface area (Å²) in [7, 11) is 0. The van der Waals surface area contributed by atoms with Gasteiger partial charge in [-0.2, -0.15) is 0 Å². The number of benzene rings is 1. The fourth-order valence-corrected chi connectivity index (χ4v) is 3.04. The van der Waals surface area contributed by atoms with Crippen LogP contribution >= 0.6 is 23.4 Å². The molecule has 3 amide bonds. The third-order valence-corrected chi connectivity index (χ3v) is 4.90. The number of thioether (sulfide) groups is 1. The highest BCUT2D eigenvalue weighted by atomic mass is 35.5. The Morgan fingerprint density at radius 1 is 1.33 bits per heavy atom. The molecule has 1 atom stereocenters. The molecule has 0 saturated carbocycles. The van der Waals surface area contributed by atoms with Crippen LogP contribution < -0.4 is 5.32 Å². The molecule has 2 rings (SSSR count). The van der Waals surface area contributed by atoms with Gasteiger partial charge in [-0.1, -0.05) is 37.6 Å². The van der Waals surface area contributed by atoms with Crippen LogP contribution in [0.15, 0.2) is 29.2 Å². The first-order valence-electron chi connectivity index (χ1n) is 7.71. The van der Waals surface area contributed by atoms with Gasteiger partial charge >= 0.3 is 0 Å². The van der Waals surface area contributed by atoms with Crippen LogP contribution in [0.2, 0.25) is 5.02 Å². The number of hydrogen-bond donors (Lipinski definition) is 1. The zero-order valence-corrected chi connectivity index (χ0v) is 15.1. The van der Waals surface area contributed by atoms with Crippen molar-refractivity contribution in [3.63, 3.8) is 0 Å². The summed E-state index contributed by atoms with van der Waals surface area (Å²) >= 11 is 6.73. The quantitative estimate of drug-likeness (QED) is 0.782. The maximum absolute atomic E-state index is 12.3. The predicted molar refractivity (Wildman–Crippen MR) is 96.6 cm³/mol. The molecule has 0 aromatic heterocycles. The minimum Gasteiger partial charge on any atom is -0.354 e. The van der Waals surface area contributed by atoms with E-state index in [1.807, 2.05) is 13.8 Å². The van der Waals surface area contributed by atoms with Crippen molar-refractivity contribution in [2.75, 3.05) is 13.1 Å². The van der Waals surface area contributed by atoms with E-state index in [9.17, 15) is 14.4 Å². The lowest BCUT2D eigenvalue weighted by Crippen LogP contribution is -2.38. The van der Waals surface area contributed by atoms with E-state index in [0.717, 1.165) is 28.6 Å². The number of carbonyl (C=O) groups is 3. The van der Waals surface area contributed by atoms with Gasteiger partial charge in [0, 0.05) is 24.0 Å². The van der Waals surface area contributed by atoms with E-state index in [2.05, 4.69) is 5.32 Å². The first-order chi connectivity index (χ1) is 11.4. The van der Waals surface area contributed by atoms with Crippen molar-refractivity contribution < 1.29 is 14.4 Å². The molecule has 0 aliphatic carbocycles. The van der Waals surface area contributed by atoms with E-state index in [1.54, 1.807) is 30.3 Å². The molecule has 1 N–H and O–H groups in total. The Morgan fingerprint density at radius 3 is 2.62 bits per heavy atom. The van der Waals surface area contributed by atoms with Crippen molar-refractivity contribution in [3.05, 3.63) is 39.8 Å². The highest BCUT2D eigenvalue weighted by Crippen LogP contribution is 2.32. The van der Waals surface area contributed by atoms with Gasteiger partial charge in [-0.25, -0.2) is 0 Å². The van der Waals surface area contributed by atoms with Crippen molar-refractivity contribution in [1.29, 1.82) is 0 Å². The third-order valence-electron chi connectivity index (χ3n) is 3.74. The maximum Gasteiger partial charge on any atom is 0.293 e. The number of nitrogens with zero attached hydrogens (tertiary/aromatic N) is 1. The summed E-state index contributed by atoms with van der Waals surface area (Å²) < 4.78 is 0. The summed E-state index contributed by atoms with van der Waals surface area (Å²) in [5.41, 5.74) is 0.801. The Bertz CT molecular complexity index is 673. The second-order valence-corrected chi connectivity index (χ2v) is 6.91. The second kappa shape index (κ2) is 8.35. The molecule has 24 heavy (non-hydrogen) atoms. The standard InChI is InChI=1S/C17H19ClN2O3S/c1-3-11(2)15(21)19-8-9-20-16(22)14(24-17(20)23)10-12-4-6-13(18)7-5-12/h4-7,10-11H,3,8-9H2,1-2H3,(H,19,21)/b14-10+/t11-/m0/s1. The van der Waals surface area contributed by atoms with Gasteiger partial charge in [0.25, 0.3) is 11.1 Å². The third kappa shape index (κ3) is 4.61. The molecule has 1 fully saturated rings. The van der Waals surface area contributed by atoms with Crippen LogP contribution in [-0.4, -0.2) is 35.0 Å². The Kier molecular flexibility index (Phi) is 6.45. The lowest BCUT2D eigenvalue weighted by atomic mass is 10.1. The number of amides is 3. The molecule has 0 bridgehead atoms. The average molecular weight is 367 g/mol. The van der Waals surface area contributed by atoms with Gasteiger partial charge in [-0.05, 0) is 42.0 Å². The van der Waals surface area contributed by atoms with Gasteiger partial charge in [0.2, 0.25) is 5.91 Å². The van der Waals surface area contributed by atoms with E-state index in [0.29, 0.717) is 9.93 Å². The molecular weight excluding hydrogens is 348 g/mol. The molecule has 128 valence electrons. The largest absolute Gasteiger partial charge is 0.354 e. The lowest BCUT2D eigenvalue weighted by Gasteiger charge is -2.14. The second-order valence-electron chi connectivity index (χ2n) is 5.49.